The lowest BCUT2D eigenvalue weighted by Crippen LogP contribution is -1.90. The highest BCUT2D eigenvalue weighted by atomic mass is 35.5. The van der Waals surface area contributed by atoms with E-state index in [2.05, 4.69) is 16.9 Å². The summed E-state index contributed by atoms with van der Waals surface area (Å²) >= 11 is 11.3. The van der Waals surface area contributed by atoms with Crippen molar-refractivity contribution in [3.8, 4) is 0 Å². The Kier molecular flexibility index (Phi) is 3.09. The van der Waals surface area contributed by atoms with E-state index in [0.717, 1.165) is 18.4 Å². The van der Waals surface area contributed by atoms with Gasteiger partial charge in [0.15, 0.2) is 0 Å². The second-order valence-corrected chi connectivity index (χ2v) is 2.90. The van der Waals surface area contributed by atoms with E-state index < -0.39 is 0 Å². The fourth-order valence-electron chi connectivity index (χ4n) is 0.803. The molecular weight excluding hydrogens is 183 g/mol. The number of aryl methyl sites for hydroxylation is 1. The van der Waals surface area contributed by atoms with Gasteiger partial charge in [-0.25, -0.2) is 9.97 Å². The third kappa shape index (κ3) is 2.31. The third-order valence-electron chi connectivity index (χ3n) is 1.30. The molecule has 0 aliphatic rings. The molecule has 0 fully saturated rings. The van der Waals surface area contributed by atoms with E-state index in [-0.39, 0.29) is 5.28 Å². The number of hydrogen-bond donors (Lipinski definition) is 0. The van der Waals surface area contributed by atoms with Crippen LogP contribution in [0.25, 0.3) is 0 Å². The predicted molar refractivity (Wildman–Crippen MR) is 46.0 cm³/mol. The van der Waals surface area contributed by atoms with Gasteiger partial charge in [-0.05, 0) is 18.0 Å². The van der Waals surface area contributed by atoms with Gasteiger partial charge in [0.1, 0.15) is 5.15 Å². The topological polar surface area (TPSA) is 25.8 Å². The van der Waals surface area contributed by atoms with Gasteiger partial charge in [-0.15, -0.1) is 0 Å². The first-order valence-corrected chi connectivity index (χ1v) is 4.16. The molecule has 0 spiro atoms. The summed E-state index contributed by atoms with van der Waals surface area (Å²) in [4.78, 5) is 7.64. The molecule has 0 N–H and O–H groups in total. The van der Waals surface area contributed by atoms with Crippen molar-refractivity contribution in [1.82, 2.24) is 9.97 Å². The quantitative estimate of drug-likeness (QED) is 0.530. The Morgan fingerprint density at radius 3 is 2.73 bits per heavy atom. The molecule has 1 heterocycles. The van der Waals surface area contributed by atoms with Crippen LogP contribution in [0.3, 0.4) is 0 Å². The van der Waals surface area contributed by atoms with Crippen LogP contribution in [0.5, 0.6) is 0 Å². The van der Waals surface area contributed by atoms with Gasteiger partial charge in [-0.1, -0.05) is 24.9 Å². The van der Waals surface area contributed by atoms with Gasteiger partial charge in [0.05, 0.1) is 0 Å². The van der Waals surface area contributed by atoms with Crippen LogP contribution in [-0.4, -0.2) is 9.97 Å². The Morgan fingerprint density at radius 1 is 1.45 bits per heavy atom. The van der Waals surface area contributed by atoms with Crippen LogP contribution in [0.4, 0.5) is 0 Å². The summed E-state index contributed by atoms with van der Waals surface area (Å²) in [5.74, 6) is 0. The zero-order chi connectivity index (χ0) is 8.27. The Bertz CT molecular complexity index is 250. The van der Waals surface area contributed by atoms with Gasteiger partial charge in [-0.2, -0.15) is 0 Å². The summed E-state index contributed by atoms with van der Waals surface area (Å²) in [6.45, 7) is 2.07. The van der Waals surface area contributed by atoms with E-state index in [4.69, 9.17) is 23.2 Å². The lowest BCUT2D eigenvalue weighted by atomic mass is 10.2. The average molecular weight is 191 g/mol. The van der Waals surface area contributed by atoms with Crippen LogP contribution in [0.1, 0.15) is 18.9 Å². The molecule has 4 heteroatoms. The number of nitrogens with zero attached hydrogens (tertiary/aromatic N) is 2. The van der Waals surface area contributed by atoms with Crippen molar-refractivity contribution in [3.63, 3.8) is 0 Å². The van der Waals surface area contributed by atoms with E-state index in [9.17, 15) is 0 Å². The van der Waals surface area contributed by atoms with Crippen molar-refractivity contribution in [1.29, 1.82) is 0 Å². The van der Waals surface area contributed by atoms with E-state index in [1.807, 2.05) is 0 Å². The molecule has 0 saturated heterocycles. The zero-order valence-corrected chi connectivity index (χ0v) is 7.65. The lowest BCUT2D eigenvalue weighted by Gasteiger charge is -1.99. The molecule has 1 aromatic heterocycles. The summed E-state index contributed by atoms with van der Waals surface area (Å²) in [6, 6.07) is 0. The SMILES string of the molecule is CCCc1cnc(Cl)nc1Cl. The Balaban J connectivity index is 2.90. The molecule has 0 saturated carbocycles. The number of aromatic nitrogens is 2. The maximum Gasteiger partial charge on any atom is 0.223 e. The maximum atomic E-state index is 5.77. The highest BCUT2D eigenvalue weighted by Crippen LogP contribution is 2.15. The first-order chi connectivity index (χ1) is 5.24. The van der Waals surface area contributed by atoms with E-state index >= 15 is 0 Å². The molecule has 0 aromatic carbocycles. The molecule has 11 heavy (non-hydrogen) atoms. The second kappa shape index (κ2) is 3.88. The number of hydrogen-bond acceptors (Lipinski definition) is 2. The monoisotopic (exact) mass is 190 g/mol. The van der Waals surface area contributed by atoms with Crippen LogP contribution in [-0.2, 0) is 6.42 Å². The molecule has 1 aromatic rings. The number of halogens is 2. The van der Waals surface area contributed by atoms with Crippen LogP contribution in [0.2, 0.25) is 10.4 Å². The molecule has 2 nitrogen and oxygen atoms in total. The normalized spacial score (nSPS) is 10.1. The fraction of sp³-hybridized carbons (Fsp3) is 0.429. The zero-order valence-electron chi connectivity index (χ0n) is 6.14. The van der Waals surface area contributed by atoms with Gasteiger partial charge in [0.25, 0.3) is 0 Å². The van der Waals surface area contributed by atoms with Crippen molar-refractivity contribution in [3.05, 3.63) is 22.2 Å². The molecule has 60 valence electrons. The van der Waals surface area contributed by atoms with Gasteiger partial charge >= 0.3 is 0 Å². The first-order valence-electron chi connectivity index (χ1n) is 3.41. The summed E-state index contributed by atoms with van der Waals surface area (Å²) in [7, 11) is 0. The molecule has 0 unspecified atom stereocenters. The minimum atomic E-state index is 0.204. The lowest BCUT2D eigenvalue weighted by molar-refractivity contribution is 0.901. The molecular formula is C7H8Cl2N2. The average Bonchev–Trinajstić information content (AvgIpc) is 1.95. The van der Waals surface area contributed by atoms with Gasteiger partial charge in [0, 0.05) is 11.8 Å². The molecule has 0 aliphatic carbocycles. The molecule has 0 radical (unpaired) electrons. The van der Waals surface area contributed by atoms with Crippen molar-refractivity contribution in [2.45, 2.75) is 19.8 Å². The standard InChI is InChI=1S/C7H8Cl2N2/c1-2-3-5-4-10-7(9)11-6(5)8/h4H,2-3H2,1H3. The third-order valence-corrected chi connectivity index (χ3v) is 1.81. The van der Waals surface area contributed by atoms with Crippen LogP contribution >= 0.6 is 23.2 Å². The van der Waals surface area contributed by atoms with E-state index in [1.54, 1.807) is 6.20 Å². The van der Waals surface area contributed by atoms with Crippen molar-refractivity contribution >= 4 is 23.2 Å². The van der Waals surface area contributed by atoms with E-state index in [1.165, 1.54) is 0 Å². The van der Waals surface area contributed by atoms with Crippen LogP contribution < -0.4 is 0 Å². The Morgan fingerprint density at radius 2 is 2.18 bits per heavy atom. The summed E-state index contributed by atoms with van der Waals surface area (Å²) in [6.07, 6.45) is 3.60. The van der Waals surface area contributed by atoms with Crippen molar-refractivity contribution in [2.24, 2.45) is 0 Å². The minimum absolute atomic E-state index is 0.204. The predicted octanol–water partition coefficient (Wildman–Crippen LogP) is 2.74. The first kappa shape index (κ1) is 8.75. The Labute approximate surface area is 75.6 Å². The van der Waals surface area contributed by atoms with Gasteiger partial charge in [0.2, 0.25) is 5.28 Å². The summed E-state index contributed by atoms with van der Waals surface area (Å²) in [5.41, 5.74) is 0.957. The smallest absolute Gasteiger partial charge is 0.223 e. The second-order valence-electron chi connectivity index (χ2n) is 2.21. The summed E-state index contributed by atoms with van der Waals surface area (Å²) in [5, 5.41) is 0.668. The summed E-state index contributed by atoms with van der Waals surface area (Å²) < 4.78 is 0. The Hall–Kier alpha value is -0.340. The van der Waals surface area contributed by atoms with E-state index in [0.29, 0.717) is 5.15 Å². The molecule has 1 rings (SSSR count). The maximum absolute atomic E-state index is 5.77. The number of rotatable bonds is 2. The molecule has 0 bridgehead atoms. The van der Waals surface area contributed by atoms with Crippen molar-refractivity contribution in [2.75, 3.05) is 0 Å². The van der Waals surface area contributed by atoms with Crippen molar-refractivity contribution < 1.29 is 0 Å². The molecule has 0 atom stereocenters. The van der Waals surface area contributed by atoms with Gasteiger partial charge < -0.3 is 0 Å². The highest BCUT2D eigenvalue weighted by molar-refractivity contribution is 6.32. The van der Waals surface area contributed by atoms with Gasteiger partial charge in [-0.3, -0.25) is 0 Å². The highest BCUT2D eigenvalue weighted by Gasteiger charge is 2.01. The van der Waals surface area contributed by atoms with Crippen LogP contribution in [0, 0.1) is 0 Å². The minimum Gasteiger partial charge on any atom is -0.226 e. The molecule has 0 aliphatic heterocycles. The largest absolute Gasteiger partial charge is 0.226 e. The molecule has 0 amide bonds. The fourth-order valence-corrected chi connectivity index (χ4v) is 1.20. The van der Waals surface area contributed by atoms with Crippen LogP contribution in [0.15, 0.2) is 6.20 Å².